The lowest BCUT2D eigenvalue weighted by molar-refractivity contribution is 0.0672. The van der Waals surface area contributed by atoms with Crippen LogP contribution in [0.1, 0.15) is 59.3 Å². The molecule has 9 heteroatoms. The van der Waals surface area contributed by atoms with Gasteiger partial charge in [-0.1, -0.05) is 72.8 Å². The maximum atomic E-state index is 13.4. The highest BCUT2D eigenvalue weighted by molar-refractivity contribution is 7.90. The Morgan fingerprint density at radius 2 is 1.65 bits per heavy atom. The minimum atomic E-state index is -3.95. The van der Waals surface area contributed by atoms with E-state index in [0.29, 0.717) is 25.2 Å². The van der Waals surface area contributed by atoms with Gasteiger partial charge in [-0.3, -0.25) is 4.79 Å². The van der Waals surface area contributed by atoms with Crippen LogP contribution < -0.4 is 4.72 Å². The molecule has 1 saturated heterocycles. The standard InChI is InChI=1S/C34H39N3O5S/c1-26-17-18-29-24-32(37(31(29)23-26)21-10-15-27-11-4-2-5-12-27)33(38)35-43(40,41)22-19-30-16-8-9-20-36(30)34(39)42-25-28-13-6-3-7-14-28/h2-7,11-14,17-18,23-24,30H,8-10,15-16,19-22,25H2,1H3,(H,35,38). The molecule has 0 bridgehead atoms. The van der Waals surface area contributed by atoms with Crippen LogP contribution in [0.3, 0.4) is 0 Å². The Morgan fingerprint density at radius 1 is 0.930 bits per heavy atom. The first-order valence-electron chi connectivity index (χ1n) is 14.9. The summed E-state index contributed by atoms with van der Waals surface area (Å²) >= 11 is 0. The zero-order valence-electron chi connectivity index (χ0n) is 24.6. The van der Waals surface area contributed by atoms with E-state index in [1.54, 1.807) is 11.0 Å². The lowest BCUT2D eigenvalue weighted by atomic mass is 10.0. The van der Waals surface area contributed by atoms with E-state index in [-0.39, 0.29) is 24.8 Å². The monoisotopic (exact) mass is 601 g/mol. The molecule has 1 N–H and O–H groups in total. The molecule has 2 heterocycles. The number of ether oxygens (including phenoxy) is 1. The second kappa shape index (κ2) is 13.9. The number of carbonyl (C=O) groups excluding carboxylic acids is 2. The fourth-order valence-electron chi connectivity index (χ4n) is 5.76. The van der Waals surface area contributed by atoms with Gasteiger partial charge >= 0.3 is 6.09 Å². The number of carbonyl (C=O) groups is 2. The van der Waals surface area contributed by atoms with Crippen molar-refractivity contribution < 1.29 is 22.7 Å². The molecule has 1 fully saturated rings. The number of benzene rings is 3. The molecule has 0 saturated carbocycles. The molecule has 8 nitrogen and oxygen atoms in total. The summed E-state index contributed by atoms with van der Waals surface area (Å²) in [5.74, 6) is -0.907. The number of amides is 2. The normalized spacial score (nSPS) is 15.4. The highest BCUT2D eigenvalue weighted by Gasteiger charge is 2.30. The van der Waals surface area contributed by atoms with Crippen LogP contribution in [0.5, 0.6) is 0 Å². The molecule has 226 valence electrons. The molecule has 1 atom stereocenters. The number of likely N-dealkylation sites (tertiary alicyclic amines) is 1. The molecule has 1 aromatic heterocycles. The lowest BCUT2D eigenvalue weighted by Gasteiger charge is -2.34. The molecule has 2 amide bonds. The number of fused-ring (bicyclic) bond motifs is 1. The highest BCUT2D eigenvalue weighted by atomic mass is 32.2. The zero-order chi connectivity index (χ0) is 30.2. The van der Waals surface area contributed by atoms with Crippen molar-refractivity contribution in [2.45, 2.75) is 64.6 Å². The van der Waals surface area contributed by atoms with Crippen molar-refractivity contribution in [3.63, 3.8) is 0 Å². The smallest absolute Gasteiger partial charge is 0.410 e. The number of nitrogens with zero attached hydrogens (tertiary/aromatic N) is 2. The quantitative estimate of drug-likeness (QED) is 0.220. The van der Waals surface area contributed by atoms with Crippen molar-refractivity contribution in [2.75, 3.05) is 12.3 Å². The van der Waals surface area contributed by atoms with E-state index >= 15 is 0 Å². The Labute approximate surface area is 253 Å². The van der Waals surface area contributed by atoms with Gasteiger partial charge in [0, 0.05) is 30.0 Å². The maximum Gasteiger partial charge on any atom is 0.410 e. The first kappa shape index (κ1) is 30.4. The van der Waals surface area contributed by atoms with Crippen LogP contribution in [0.4, 0.5) is 4.79 Å². The zero-order valence-corrected chi connectivity index (χ0v) is 25.4. The first-order chi connectivity index (χ1) is 20.8. The Morgan fingerprint density at radius 3 is 2.40 bits per heavy atom. The predicted molar refractivity (Wildman–Crippen MR) is 168 cm³/mol. The van der Waals surface area contributed by atoms with Crippen molar-refractivity contribution in [3.8, 4) is 0 Å². The number of sulfonamides is 1. The van der Waals surface area contributed by atoms with Crippen molar-refractivity contribution in [1.29, 1.82) is 0 Å². The summed E-state index contributed by atoms with van der Waals surface area (Å²) in [4.78, 5) is 27.9. The molecule has 1 aliphatic heterocycles. The molecule has 5 rings (SSSR count). The van der Waals surface area contributed by atoms with Crippen LogP contribution in [-0.2, 0) is 34.3 Å². The molecule has 0 radical (unpaired) electrons. The number of aromatic nitrogens is 1. The van der Waals surface area contributed by atoms with E-state index < -0.39 is 22.0 Å². The van der Waals surface area contributed by atoms with Gasteiger partial charge in [0.2, 0.25) is 10.0 Å². The van der Waals surface area contributed by atoms with Gasteiger partial charge in [-0.2, -0.15) is 0 Å². The molecular formula is C34H39N3O5S. The number of rotatable bonds is 11. The van der Waals surface area contributed by atoms with E-state index in [2.05, 4.69) is 16.9 Å². The largest absolute Gasteiger partial charge is 0.445 e. The Balaban J connectivity index is 1.23. The fourth-order valence-corrected chi connectivity index (χ4v) is 6.83. The van der Waals surface area contributed by atoms with Crippen LogP contribution >= 0.6 is 0 Å². The second-order valence-corrected chi connectivity index (χ2v) is 13.1. The van der Waals surface area contributed by atoms with Crippen LogP contribution in [0.25, 0.3) is 10.9 Å². The minimum Gasteiger partial charge on any atom is -0.445 e. The molecule has 4 aromatic rings. The number of aryl methyl sites for hydroxylation is 3. The summed E-state index contributed by atoms with van der Waals surface area (Å²) in [7, 11) is -3.95. The maximum absolute atomic E-state index is 13.4. The van der Waals surface area contributed by atoms with Crippen LogP contribution in [0, 0.1) is 6.92 Å². The van der Waals surface area contributed by atoms with Crippen molar-refractivity contribution in [2.24, 2.45) is 0 Å². The summed E-state index contributed by atoms with van der Waals surface area (Å²) in [6.07, 6.45) is 3.87. The summed E-state index contributed by atoms with van der Waals surface area (Å²) < 4.78 is 36.0. The third kappa shape index (κ3) is 8.04. The molecule has 1 aliphatic rings. The van der Waals surface area contributed by atoms with Gasteiger partial charge in [0.1, 0.15) is 12.3 Å². The van der Waals surface area contributed by atoms with Crippen LogP contribution in [0.15, 0.2) is 84.9 Å². The second-order valence-electron chi connectivity index (χ2n) is 11.3. The summed E-state index contributed by atoms with van der Waals surface area (Å²) in [6.45, 7) is 3.26. The number of nitrogens with one attached hydrogen (secondary N) is 1. The number of hydrogen-bond acceptors (Lipinski definition) is 5. The van der Waals surface area contributed by atoms with Crippen molar-refractivity contribution in [1.82, 2.24) is 14.2 Å². The van der Waals surface area contributed by atoms with Gasteiger partial charge in [0.05, 0.1) is 5.75 Å². The Hall–Kier alpha value is -4.11. The van der Waals surface area contributed by atoms with E-state index in [1.165, 1.54) is 5.56 Å². The summed E-state index contributed by atoms with van der Waals surface area (Å²) in [5, 5.41) is 0.889. The van der Waals surface area contributed by atoms with Gasteiger partial charge in [0.15, 0.2) is 0 Å². The van der Waals surface area contributed by atoms with E-state index in [0.717, 1.165) is 47.7 Å². The first-order valence-corrected chi connectivity index (χ1v) is 16.6. The molecule has 43 heavy (non-hydrogen) atoms. The Kier molecular flexibility index (Phi) is 9.82. The molecule has 0 spiro atoms. The van der Waals surface area contributed by atoms with E-state index in [9.17, 15) is 18.0 Å². The third-order valence-corrected chi connectivity index (χ3v) is 9.29. The number of hydrogen-bond donors (Lipinski definition) is 1. The molecular weight excluding hydrogens is 562 g/mol. The van der Waals surface area contributed by atoms with Gasteiger partial charge in [0.25, 0.3) is 5.91 Å². The number of piperidine rings is 1. The van der Waals surface area contributed by atoms with Crippen molar-refractivity contribution >= 4 is 32.9 Å². The fraction of sp³-hybridized carbons (Fsp3) is 0.353. The van der Waals surface area contributed by atoms with Gasteiger partial charge in [-0.25, -0.2) is 17.9 Å². The summed E-state index contributed by atoms with van der Waals surface area (Å²) in [5.41, 5.74) is 4.39. The molecule has 0 aliphatic carbocycles. The summed E-state index contributed by atoms with van der Waals surface area (Å²) in [6, 6.07) is 27.1. The molecule has 1 unspecified atom stereocenters. The average Bonchev–Trinajstić information content (AvgIpc) is 3.37. The average molecular weight is 602 g/mol. The van der Waals surface area contributed by atoms with Gasteiger partial charge in [-0.05, 0) is 74.3 Å². The Bertz CT molecular complexity index is 1650. The lowest BCUT2D eigenvalue weighted by Crippen LogP contribution is -2.45. The van der Waals surface area contributed by atoms with Crippen LogP contribution in [-0.4, -0.2) is 48.2 Å². The topological polar surface area (TPSA) is 97.7 Å². The SMILES string of the molecule is Cc1ccc2cc(C(=O)NS(=O)(=O)CCC3CCCCN3C(=O)OCc3ccccc3)n(CCCc3ccccc3)c2c1. The van der Waals surface area contributed by atoms with Crippen LogP contribution in [0.2, 0.25) is 0 Å². The van der Waals surface area contributed by atoms with Gasteiger partial charge < -0.3 is 14.2 Å². The molecule has 3 aromatic carbocycles. The third-order valence-electron chi connectivity index (χ3n) is 8.02. The van der Waals surface area contributed by atoms with Crippen molar-refractivity contribution in [3.05, 3.63) is 107 Å². The van der Waals surface area contributed by atoms with E-state index in [4.69, 9.17) is 4.74 Å². The predicted octanol–water partition coefficient (Wildman–Crippen LogP) is 6.22. The van der Waals surface area contributed by atoms with E-state index in [1.807, 2.05) is 78.2 Å². The van der Waals surface area contributed by atoms with Gasteiger partial charge in [-0.15, -0.1) is 0 Å². The highest BCUT2D eigenvalue weighted by Crippen LogP contribution is 2.24. The minimum absolute atomic E-state index is 0.163.